The second-order valence-corrected chi connectivity index (χ2v) is 9.50. The smallest absolute Gasteiger partial charge is 0.264 e. The fourth-order valence-corrected chi connectivity index (χ4v) is 4.76. The Morgan fingerprint density at radius 3 is 2.32 bits per heavy atom. The summed E-state index contributed by atoms with van der Waals surface area (Å²) in [5.74, 6) is 0.773. The number of rotatable bonds is 8. The summed E-state index contributed by atoms with van der Waals surface area (Å²) in [5, 5.41) is 2.95. The average Bonchev–Trinajstić information content (AvgIpc) is 3.42. The normalized spacial score (nSPS) is 12.1. The lowest BCUT2D eigenvalue weighted by Gasteiger charge is -2.20. The zero-order valence-corrected chi connectivity index (χ0v) is 19.5. The molecule has 0 saturated heterocycles. The third-order valence-corrected chi connectivity index (χ3v) is 7.21. The number of amides is 1. The van der Waals surface area contributed by atoms with Crippen LogP contribution in [0.4, 0.5) is 5.69 Å². The van der Waals surface area contributed by atoms with Gasteiger partial charge in [0.1, 0.15) is 17.6 Å². The van der Waals surface area contributed by atoms with E-state index in [-0.39, 0.29) is 10.5 Å². The van der Waals surface area contributed by atoms with Crippen molar-refractivity contribution in [2.75, 3.05) is 18.5 Å². The van der Waals surface area contributed by atoms with Crippen LogP contribution in [0.5, 0.6) is 5.75 Å². The van der Waals surface area contributed by atoms with Crippen molar-refractivity contribution in [2.45, 2.75) is 10.9 Å². The molecule has 34 heavy (non-hydrogen) atoms. The van der Waals surface area contributed by atoms with E-state index in [0.717, 1.165) is 5.56 Å². The molecule has 0 aliphatic heterocycles. The summed E-state index contributed by atoms with van der Waals surface area (Å²) in [6, 6.07) is 25.1. The van der Waals surface area contributed by atoms with Crippen LogP contribution in [0.3, 0.4) is 0 Å². The molecule has 1 N–H and O–H groups in total. The molecule has 3 aromatic carbocycles. The van der Waals surface area contributed by atoms with E-state index < -0.39 is 22.0 Å². The number of nitrogens with one attached hydrogen (secondary N) is 1. The second-order valence-electron chi connectivity index (χ2n) is 7.53. The minimum absolute atomic E-state index is 0.00716. The van der Waals surface area contributed by atoms with Crippen LogP contribution in [0.15, 0.2) is 107 Å². The summed E-state index contributed by atoms with van der Waals surface area (Å²) in [7, 11) is -0.891. The first-order valence-corrected chi connectivity index (χ1v) is 12.0. The van der Waals surface area contributed by atoms with Crippen LogP contribution in [-0.2, 0) is 10.0 Å². The maximum absolute atomic E-state index is 13.2. The summed E-state index contributed by atoms with van der Waals surface area (Å²) < 4.78 is 38.3. The number of ether oxygens (including phenoxy) is 1. The molecule has 0 saturated carbocycles. The lowest BCUT2D eigenvalue weighted by molar-refractivity contribution is 0.0938. The van der Waals surface area contributed by atoms with Gasteiger partial charge in [-0.05, 0) is 60.2 Å². The molecular formula is C26H24N2O5S. The molecule has 0 bridgehead atoms. The SMILES string of the molecule is COc1ccc(N(C)S(=O)(=O)c2cccc(C(=O)NC(c3ccccc3)c3ccco3)c2)cc1. The first kappa shape index (κ1) is 23.1. The Bertz CT molecular complexity index is 1350. The molecule has 8 heteroatoms. The topological polar surface area (TPSA) is 88.8 Å². The van der Waals surface area contributed by atoms with Gasteiger partial charge in [-0.2, -0.15) is 0 Å². The van der Waals surface area contributed by atoms with Crippen molar-refractivity contribution in [3.8, 4) is 5.75 Å². The van der Waals surface area contributed by atoms with Gasteiger partial charge >= 0.3 is 0 Å². The summed E-state index contributed by atoms with van der Waals surface area (Å²) in [6.45, 7) is 0. The first-order chi connectivity index (χ1) is 16.4. The number of benzene rings is 3. The van der Waals surface area contributed by atoms with E-state index in [9.17, 15) is 13.2 Å². The number of hydrogen-bond acceptors (Lipinski definition) is 5. The van der Waals surface area contributed by atoms with Gasteiger partial charge < -0.3 is 14.5 Å². The second kappa shape index (κ2) is 9.84. The number of hydrogen-bond donors (Lipinski definition) is 1. The van der Waals surface area contributed by atoms with Crippen LogP contribution < -0.4 is 14.4 Å². The predicted octanol–water partition coefficient (Wildman–Crippen LogP) is 4.63. The lowest BCUT2D eigenvalue weighted by Crippen LogP contribution is -2.30. The molecule has 1 aromatic heterocycles. The Hall–Kier alpha value is -4.04. The fourth-order valence-electron chi connectivity index (χ4n) is 3.52. The van der Waals surface area contributed by atoms with Gasteiger partial charge in [-0.25, -0.2) is 8.42 Å². The number of carbonyl (C=O) groups is 1. The van der Waals surface area contributed by atoms with Gasteiger partial charge in [-0.1, -0.05) is 36.4 Å². The van der Waals surface area contributed by atoms with Crippen LogP contribution in [0, 0.1) is 0 Å². The van der Waals surface area contributed by atoms with E-state index in [0.29, 0.717) is 17.2 Å². The maximum Gasteiger partial charge on any atom is 0.264 e. The van der Waals surface area contributed by atoms with Crippen LogP contribution in [0.25, 0.3) is 0 Å². The summed E-state index contributed by atoms with van der Waals surface area (Å²) in [5.41, 5.74) is 1.53. The van der Waals surface area contributed by atoms with Gasteiger partial charge in [0.05, 0.1) is 24.0 Å². The van der Waals surface area contributed by atoms with Gasteiger partial charge in [0, 0.05) is 12.6 Å². The molecule has 1 atom stereocenters. The van der Waals surface area contributed by atoms with Crippen LogP contribution in [0.1, 0.15) is 27.7 Å². The van der Waals surface area contributed by atoms with Crippen molar-refractivity contribution in [3.63, 3.8) is 0 Å². The number of furan rings is 1. The van der Waals surface area contributed by atoms with Gasteiger partial charge in [-0.15, -0.1) is 0 Å². The molecule has 7 nitrogen and oxygen atoms in total. The van der Waals surface area contributed by atoms with E-state index in [1.807, 2.05) is 30.3 Å². The molecule has 4 aromatic rings. The van der Waals surface area contributed by atoms with Crippen LogP contribution >= 0.6 is 0 Å². The molecule has 0 fully saturated rings. The van der Waals surface area contributed by atoms with E-state index in [4.69, 9.17) is 9.15 Å². The van der Waals surface area contributed by atoms with E-state index in [1.165, 1.54) is 23.5 Å². The number of methoxy groups -OCH3 is 1. The molecule has 0 radical (unpaired) electrons. The van der Waals surface area contributed by atoms with Crippen LogP contribution in [-0.4, -0.2) is 28.5 Å². The minimum atomic E-state index is -3.90. The largest absolute Gasteiger partial charge is 0.497 e. The zero-order chi connectivity index (χ0) is 24.1. The Balaban J connectivity index is 1.60. The molecular weight excluding hydrogens is 452 g/mol. The first-order valence-electron chi connectivity index (χ1n) is 10.5. The highest BCUT2D eigenvalue weighted by Crippen LogP contribution is 2.26. The molecule has 1 heterocycles. The van der Waals surface area contributed by atoms with Gasteiger partial charge in [0.25, 0.3) is 15.9 Å². The summed E-state index contributed by atoms with van der Waals surface area (Å²) >= 11 is 0. The summed E-state index contributed by atoms with van der Waals surface area (Å²) in [4.78, 5) is 13.1. The number of carbonyl (C=O) groups excluding carboxylic acids is 1. The van der Waals surface area contributed by atoms with Crippen LogP contribution in [0.2, 0.25) is 0 Å². The van der Waals surface area contributed by atoms with E-state index >= 15 is 0 Å². The highest BCUT2D eigenvalue weighted by atomic mass is 32.2. The highest BCUT2D eigenvalue weighted by molar-refractivity contribution is 7.92. The van der Waals surface area contributed by atoms with Crippen molar-refractivity contribution >= 4 is 21.6 Å². The third-order valence-electron chi connectivity index (χ3n) is 5.43. The number of sulfonamides is 1. The Morgan fingerprint density at radius 1 is 0.941 bits per heavy atom. The standard InChI is InChI=1S/C26H24N2O5S/c1-28(21-13-15-22(32-2)16-14-21)34(30,31)23-11-6-10-20(18-23)26(29)27-25(24-12-7-17-33-24)19-8-4-3-5-9-19/h3-18,25H,1-2H3,(H,27,29). The number of anilines is 1. The molecule has 174 valence electrons. The van der Waals surface area contributed by atoms with E-state index in [2.05, 4.69) is 5.32 Å². The van der Waals surface area contributed by atoms with Crippen molar-refractivity contribution in [1.82, 2.24) is 5.32 Å². The van der Waals surface area contributed by atoms with E-state index in [1.54, 1.807) is 61.9 Å². The minimum Gasteiger partial charge on any atom is -0.497 e. The Morgan fingerprint density at radius 2 is 1.68 bits per heavy atom. The molecule has 4 rings (SSSR count). The molecule has 0 spiro atoms. The molecule has 0 aliphatic rings. The monoisotopic (exact) mass is 476 g/mol. The Kier molecular flexibility index (Phi) is 6.70. The highest BCUT2D eigenvalue weighted by Gasteiger charge is 2.24. The van der Waals surface area contributed by atoms with Crippen molar-refractivity contribution < 1.29 is 22.4 Å². The van der Waals surface area contributed by atoms with Gasteiger partial charge in [-0.3, -0.25) is 9.10 Å². The van der Waals surface area contributed by atoms with Gasteiger partial charge in [0.2, 0.25) is 0 Å². The molecule has 1 unspecified atom stereocenters. The quantitative estimate of drug-likeness (QED) is 0.400. The van der Waals surface area contributed by atoms with Crippen molar-refractivity contribution in [3.05, 3.63) is 114 Å². The molecule has 0 aliphatic carbocycles. The maximum atomic E-state index is 13.2. The predicted molar refractivity (Wildman–Crippen MR) is 129 cm³/mol. The van der Waals surface area contributed by atoms with Crippen molar-refractivity contribution in [1.29, 1.82) is 0 Å². The number of nitrogens with zero attached hydrogens (tertiary/aromatic N) is 1. The van der Waals surface area contributed by atoms with Gasteiger partial charge in [0.15, 0.2) is 0 Å². The third kappa shape index (κ3) is 4.82. The lowest BCUT2D eigenvalue weighted by atomic mass is 10.0. The average molecular weight is 477 g/mol. The summed E-state index contributed by atoms with van der Waals surface area (Å²) in [6.07, 6.45) is 1.54. The molecule has 1 amide bonds. The fraction of sp³-hybridized carbons (Fsp3) is 0.115. The van der Waals surface area contributed by atoms with Crippen molar-refractivity contribution in [2.24, 2.45) is 0 Å². The zero-order valence-electron chi connectivity index (χ0n) is 18.7. The Labute approximate surface area is 198 Å².